The Hall–Kier alpha value is -2.97. The van der Waals surface area contributed by atoms with Crippen LogP contribution in [0.3, 0.4) is 0 Å². The highest BCUT2D eigenvalue weighted by molar-refractivity contribution is 8.01. The van der Waals surface area contributed by atoms with Crippen molar-refractivity contribution in [3.63, 3.8) is 0 Å². The summed E-state index contributed by atoms with van der Waals surface area (Å²) >= 11 is 7.34. The minimum Gasteiger partial charge on any atom is -0.342 e. The minimum absolute atomic E-state index is 0.0516. The summed E-state index contributed by atoms with van der Waals surface area (Å²) in [5.41, 5.74) is 2.24. The summed E-state index contributed by atoms with van der Waals surface area (Å²) in [4.78, 5) is 40.2. The predicted molar refractivity (Wildman–Crippen MR) is 133 cm³/mol. The van der Waals surface area contributed by atoms with E-state index in [1.165, 1.54) is 11.8 Å². The number of halogens is 1. The van der Waals surface area contributed by atoms with Gasteiger partial charge in [0.25, 0.3) is 0 Å². The highest BCUT2D eigenvalue weighted by Gasteiger charge is 2.29. The van der Waals surface area contributed by atoms with Crippen molar-refractivity contribution >= 4 is 63.4 Å². The number of hydrogen-bond acceptors (Lipinski definition) is 4. The predicted octanol–water partition coefficient (Wildman–Crippen LogP) is 4.60. The maximum atomic E-state index is 12.6. The molecular weight excluding hydrogens is 460 g/mol. The molecule has 2 N–H and O–H groups in total. The van der Waals surface area contributed by atoms with E-state index in [4.69, 9.17) is 11.6 Å². The summed E-state index contributed by atoms with van der Waals surface area (Å²) in [6.07, 6.45) is 1.93. The summed E-state index contributed by atoms with van der Waals surface area (Å²) < 4.78 is 1.91. The molecular formula is C24H25ClN4O3S. The van der Waals surface area contributed by atoms with Gasteiger partial charge in [0, 0.05) is 52.2 Å². The maximum Gasteiger partial charge on any atom is 0.242 e. The van der Waals surface area contributed by atoms with Gasteiger partial charge in [0.05, 0.1) is 10.9 Å². The highest BCUT2D eigenvalue weighted by Crippen LogP contribution is 2.38. The third-order valence-electron chi connectivity index (χ3n) is 5.61. The number of fused-ring (bicyclic) bond motifs is 2. The Morgan fingerprint density at radius 2 is 1.94 bits per heavy atom. The van der Waals surface area contributed by atoms with Crippen LogP contribution in [-0.4, -0.2) is 45.5 Å². The van der Waals surface area contributed by atoms with E-state index in [2.05, 4.69) is 10.6 Å². The van der Waals surface area contributed by atoms with Crippen molar-refractivity contribution in [2.75, 3.05) is 23.7 Å². The van der Waals surface area contributed by atoms with Crippen LogP contribution >= 0.6 is 23.4 Å². The number of thioether (sulfide) groups is 1. The number of carbonyl (C=O) groups is 3. The molecule has 3 aromatic rings. The molecule has 1 aliphatic heterocycles. The zero-order chi connectivity index (χ0) is 23.5. The lowest BCUT2D eigenvalue weighted by Gasteiger charge is -2.23. The maximum absolute atomic E-state index is 12.6. The number of rotatable bonds is 7. The number of benzene rings is 2. The number of aromatic nitrogens is 1. The normalized spacial score (nSPS) is 15.1. The third kappa shape index (κ3) is 5.17. The van der Waals surface area contributed by atoms with Gasteiger partial charge in [-0.3, -0.25) is 14.4 Å². The molecule has 0 spiro atoms. The Labute approximate surface area is 201 Å². The molecule has 0 saturated carbocycles. The smallest absolute Gasteiger partial charge is 0.242 e. The van der Waals surface area contributed by atoms with E-state index in [0.29, 0.717) is 29.5 Å². The number of amides is 3. The monoisotopic (exact) mass is 484 g/mol. The van der Waals surface area contributed by atoms with E-state index in [9.17, 15) is 14.4 Å². The van der Waals surface area contributed by atoms with Crippen molar-refractivity contribution < 1.29 is 14.4 Å². The van der Waals surface area contributed by atoms with Gasteiger partial charge in [0.1, 0.15) is 6.54 Å². The minimum atomic E-state index is -0.519. The molecule has 1 atom stereocenters. The quantitative estimate of drug-likeness (QED) is 0.513. The van der Waals surface area contributed by atoms with E-state index < -0.39 is 5.25 Å². The second kappa shape index (κ2) is 9.89. The molecule has 0 saturated heterocycles. The van der Waals surface area contributed by atoms with Crippen molar-refractivity contribution in [2.45, 2.75) is 37.0 Å². The molecule has 172 valence electrons. The first-order valence-electron chi connectivity index (χ1n) is 10.8. The molecule has 33 heavy (non-hydrogen) atoms. The van der Waals surface area contributed by atoms with Crippen molar-refractivity contribution in [1.82, 2.24) is 9.47 Å². The Balaban J connectivity index is 1.41. The molecule has 7 nitrogen and oxygen atoms in total. The second-order valence-electron chi connectivity index (χ2n) is 7.77. The standard InChI is InChI=1S/C24H25ClN4O3S/c1-3-28(4-2)23(31)14-29-10-9-15-11-17(6-7-19(15)29)26-22(30)13-21-24(32)27-18-12-16(25)5-8-20(18)33-21/h5-12,21H,3-4,13-14H2,1-2H3,(H,26,30)(H,27,32). The Kier molecular flexibility index (Phi) is 6.95. The lowest BCUT2D eigenvalue weighted by atomic mass is 10.2. The Bertz CT molecular complexity index is 1220. The van der Waals surface area contributed by atoms with E-state index in [-0.39, 0.29) is 30.7 Å². The molecule has 1 unspecified atom stereocenters. The van der Waals surface area contributed by atoms with Crippen LogP contribution in [0, 0.1) is 0 Å². The Morgan fingerprint density at radius 1 is 1.15 bits per heavy atom. The topological polar surface area (TPSA) is 83.4 Å². The van der Waals surface area contributed by atoms with E-state index >= 15 is 0 Å². The van der Waals surface area contributed by atoms with Crippen LogP contribution < -0.4 is 10.6 Å². The first-order valence-corrected chi connectivity index (χ1v) is 12.1. The first-order chi connectivity index (χ1) is 15.9. The molecule has 0 fully saturated rings. The molecule has 0 radical (unpaired) electrons. The van der Waals surface area contributed by atoms with Gasteiger partial charge >= 0.3 is 0 Å². The first kappa shape index (κ1) is 23.2. The van der Waals surface area contributed by atoms with Crippen LogP contribution in [-0.2, 0) is 20.9 Å². The molecule has 1 aromatic heterocycles. The average molecular weight is 485 g/mol. The van der Waals surface area contributed by atoms with Crippen LogP contribution in [0.15, 0.2) is 53.6 Å². The summed E-state index contributed by atoms with van der Waals surface area (Å²) in [5.74, 6) is -0.382. The zero-order valence-electron chi connectivity index (χ0n) is 18.4. The summed E-state index contributed by atoms with van der Waals surface area (Å²) in [6.45, 7) is 5.57. The van der Waals surface area contributed by atoms with Crippen LogP contribution in [0.25, 0.3) is 10.9 Å². The fraction of sp³-hybridized carbons (Fsp3) is 0.292. The lowest BCUT2D eigenvalue weighted by molar-refractivity contribution is -0.131. The molecule has 1 aliphatic rings. The number of hydrogen-bond donors (Lipinski definition) is 2. The van der Waals surface area contributed by atoms with Crippen molar-refractivity contribution in [3.05, 3.63) is 53.7 Å². The third-order valence-corrected chi connectivity index (χ3v) is 7.12. The van der Waals surface area contributed by atoms with Crippen LogP contribution in [0.4, 0.5) is 11.4 Å². The summed E-state index contributed by atoms with van der Waals surface area (Å²) in [5, 5.41) is 6.66. The Morgan fingerprint density at radius 3 is 2.70 bits per heavy atom. The molecule has 0 aliphatic carbocycles. The number of likely N-dealkylation sites (N-methyl/N-ethyl adjacent to an activating group) is 1. The summed E-state index contributed by atoms with van der Waals surface area (Å²) in [6, 6.07) is 12.8. The van der Waals surface area contributed by atoms with Crippen LogP contribution in [0.1, 0.15) is 20.3 Å². The van der Waals surface area contributed by atoms with Crippen LogP contribution in [0.5, 0.6) is 0 Å². The second-order valence-corrected chi connectivity index (χ2v) is 9.45. The van der Waals surface area contributed by atoms with Crippen LogP contribution in [0.2, 0.25) is 5.02 Å². The molecule has 9 heteroatoms. The molecule has 2 aromatic carbocycles. The molecule has 2 heterocycles. The fourth-order valence-electron chi connectivity index (χ4n) is 3.88. The number of nitrogens with one attached hydrogen (secondary N) is 2. The lowest BCUT2D eigenvalue weighted by Crippen LogP contribution is -2.33. The number of anilines is 2. The van der Waals surface area contributed by atoms with E-state index in [0.717, 1.165) is 15.8 Å². The van der Waals surface area contributed by atoms with E-state index in [1.54, 1.807) is 17.0 Å². The highest BCUT2D eigenvalue weighted by atomic mass is 35.5. The fourth-order valence-corrected chi connectivity index (χ4v) is 5.14. The van der Waals surface area contributed by atoms with Crippen molar-refractivity contribution in [2.24, 2.45) is 0 Å². The van der Waals surface area contributed by atoms with Gasteiger partial charge in [-0.1, -0.05) is 11.6 Å². The SMILES string of the molecule is CCN(CC)C(=O)Cn1ccc2cc(NC(=O)CC3Sc4ccc(Cl)cc4NC3=O)ccc21. The van der Waals surface area contributed by atoms with Gasteiger partial charge in [-0.15, -0.1) is 11.8 Å². The zero-order valence-corrected chi connectivity index (χ0v) is 20.0. The molecule has 3 amide bonds. The number of carbonyl (C=O) groups excluding carboxylic acids is 3. The largest absolute Gasteiger partial charge is 0.342 e. The van der Waals surface area contributed by atoms with Gasteiger partial charge in [-0.25, -0.2) is 0 Å². The van der Waals surface area contributed by atoms with E-state index in [1.807, 2.05) is 54.9 Å². The van der Waals surface area contributed by atoms with Gasteiger partial charge in [0.2, 0.25) is 17.7 Å². The molecule has 4 rings (SSSR count). The van der Waals surface area contributed by atoms with Gasteiger partial charge in [0.15, 0.2) is 0 Å². The summed E-state index contributed by atoms with van der Waals surface area (Å²) in [7, 11) is 0. The number of nitrogens with zero attached hydrogens (tertiary/aromatic N) is 2. The van der Waals surface area contributed by atoms with Gasteiger partial charge in [-0.05, 0) is 56.3 Å². The average Bonchev–Trinajstić information content (AvgIpc) is 3.17. The van der Waals surface area contributed by atoms with Crippen molar-refractivity contribution in [3.8, 4) is 0 Å². The van der Waals surface area contributed by atoms with Gasteiger partial charge in [-0.2, -0.15) is 0 Å². The van der Waals surface area contributed by atoms with Gasteiger partial charge < -0.3 is 20.1 Å². The van der Waals surface area contributed by atoms with Crippen molar-refractivity contribution in [1.29, 1.82) is 0 Å². The molecule has 0 bridgehead atoms.